The molecule has 1 aromatic carbocycles. The lowest BCUT2D eigenvalue weighted by Crippen LogP contribution is -2.46. The van der Waals surface area contributed by atoms with Gasteiger partial charge < -0.3 is 20.2 Å². The molecule has 9 heteroatoms. The summed E-state index contributed by atoms with van der Waals surface area (Å²) in [6, 6.07) is 2.70. The zero-order chi connectivity index (χ0) is 21.7. The molecule has 1 aromatic rings. The van der Waals surface area contributed by atoms with E-state index >= 15 is 0 Å². The number of hydrogen-bond acceptors (Lipinski definition) is 4. The molecule has 0 aliphatic carbocycles. The minimum absolute atomic E-state index is 0.174. The van der Waals surface area contributed by atoms with E-state index in [2.05, 4.69) is 5.32 Å². The Bertz CT molecular complexity index is 818. The number of carbonyl (C=O) groups excluding carboxylic acids is 2. The number of aliphatic carboxylic acids is 1. The molecule has 1 atom stereocenters. The van der Waals surface area contributed by atoms with Crippen molar-refractivity contribution in [2.24, 2.45) is 5.92 Å². The van der Waals surface area contributed by atoms with Gasteiger partial charge in [-0.15, -0.1) is 0 Å². The van der Waals surface area contributed by atoms with Crippen LogP contribution >= 0.6 is 23.2 Å². The van der Waals surface area contributed by atoms with Gasteiger partial charge >= 0.3 is 5.97 Å². The predicted octanol–water partition coefficient (Wildman–Crippen LogP) is 2.90. The third-order valence-electron chi connectivity index (χ3n) is 4.89. The summed E-state index contributed by atoms with van der Waals surface area (Å²) in [6.45, 7) is 2.28. The molecule has 1 fully saturated rings. The number of halogens is 2. The molecule has 7 nitrogen and oxygen atoms in total. The van der Waals surface area contributed by atoms with Crippen LogP contribution in [0.1, 0.15) is 25.3 Å². The summed E-state index contributed by atoms with van der Waals surface area (Å²) in [5.74, 6) is -1.83. The topological polar surface area (TPSA) is 90.0 Å². The van der Waals surface area contributed by atoms with Gasteiger partial charge in [0, 0.05) is 39.2 Å². The van der Waals surface area contributed by atoms with E-state index in [4.69, 9.17) is 28.3 Å². The molecule has 1 saturated heterocycles. The molecule has 0 spiro atoms. The fourth-order valence-electron chi connectivity index (χ4n) is 3.05. The second-order valence-corrected chi connectivity index (χ2v) is 7.95. The van der Waals surface area contributed by atoms with Crippen LogP contribution in [0.15, 0.2) is 18.2 Å². The molecule has 1 aliphatic heterocycles. The molecule has 0 aromatic heterocycles. The summed E-state index contributed by atoms with van der Waals surface area (Å²) in [7, 11) is 3.73. The Morgan fingerprint density at radius 1 is 1.21 bits per heavy atom. The zero-order valence-corrected chi connectivity index (χ0v) is 18.1. The number of nitrogens with one attached hydrogen (secondary N) is 1. The number of benzene rings is 1. The van der Waals surface area contributed by atoms with E-state index in [1.807, 2.05) is 25.1 Å². The highest BCUT2D eigenvalue weighted by Gasteiger charge is 2.28. The number of carboxylic acids is 1. The molecule has 0 saturated carbocycles. The molecule has 0 radical (unpaired) electrons. The third-order valence-corrected chi connectivity index (χ3v) is 5.77. The molecule has 29 heavy (non-hydrogen) atoms. The van der Waals surface area contributed by atoms with Gasteiger partial charge in [0.05, 0.1) is 15.7 Å². The van der Waals surface area contributed by atoms with Crippen LogP contribution in [0.25, 0.3) is 6.08 Å². The van der Waals surface area contributed by atoms with Gasteiger partial charge in [-0.2, -0.15) is 0 Å². The second kappa shape index (κ2) is 9.98. The Balaban J connectivity index is 1.94. The Labute approximate surface area is 180 Å². The maximum absolute atomic E-state index is 12.5. The van der Waals surface area contributed by atoms with Gasteiger partial charge in [-0.25, -0.2) is 0 Å². The van der Waals surface area contributed by atoms with Crippen molar-refractivity contribution >= 4 is 52.7 Å². The zero-order valence-electron chi connectivity index (χ0n) is 16.6. The summed E-state index contributed by atoms with van der Waals surface area (Å²) in [6.07, 6.45) is 4.05. The van der Waals surface area contributed by atoms with Crippen LogP contribution in [-0.2, 0) is 14.4 Å². The molecule has 1 unspecified atom stereocenters. The van der Waals surface area contributed by atoms with E-state index in [1.54, 1.807) is 17.0 Å². The lowest BCUT2D eigenvalue weighted by molar-refractivity contribution is -0.142. The van der Waals surface area contributed by atoms with Crippen molar-refractivity contribution in [2.45, 2.75) is 25.8 Å². The Morgan fingerprint density at radius 2 is 1.83 bits per heavy atom. The molecule has 1 aliphatic rings. The van der Waals surface area contributed by atoms with Crippen LogP contribution in [0, 0.1) is 5.92 Å². The van der Waals surface area contributed by atoms with Crippen molar-refractivity contribution in [3.05, 3.63) is 33.8 Å². The molecule has 158 valence electrons. The average molecular weight is 442 g/mol. The molecule has 2 rings (SSSR count). The van der Waals surface area contributed by atoms with Crippen molar-refractivity contribution in [2.75, 3.05) is 32.1 Å². The first-order valence-electron chi connectivity index (χ1n) is 9.27. The van der Waals surface area contributed by atoms with Crippen LogP contribution in [0.3, 0.4) is 0 Å². The van der Waals surface area contributed by atoms with Gasteiger partial charge in [0.15, 0.2) is 0 Å². The average Bonchev–Trinajstić information content (AvgIpc) is 2.68. The molecule has 2 N–H and O–H groups in total. The number of piperidine rings is 1. The fraction of sp³-hybridized carbons (Fsp3) is 0.450. The normalized spacial score (nSPS) is 16.0. The minimum atomic E-state index is -1.08. The number of rotatable bonds is 6. The highest BCUT2D eigenvalue weighted by molar-refractivity contribution is 6.44. The highest BCUT2D eigenvalue weighted by atomic mass is 35.5. The lowest BCUT2D eigenvalue weighted by atomic mass is 9.95. The monoisotopic (exact) mass is 441 g/mol. The second-order valence-electron chi connectivity index (χ2n) is 7.20. The van der Waals surface area contributed by atoms with Crippen molar-refractivity contribution in [1.29, 1.82) is 0 Å². The van der Waals surface area contributed by atoms with E-state index < -0.39 is 12.0 Å². The summed E-state index contributed by atoms with van der Waals surface area (Å²) < 4.78 is 0. The number of anilines is 1. The SMILES string of the molecule is CC(NC(=O)C1CCN(C(=O)/C=C/c2ccc(N(C)C)c(Cl)c2Cl)CC1)C(=O)O. The van der Waals surface area contributed by atoms with Crippen LogP contribution in [-0.4, -0.2) is 61.0 Å². The first kappa shape index (κ1) is 23.0. The fourth-order valence-corrected chi connectivity index (χ4v) is 3.61. The summed E-state index contributed by atoms with van der Waals surface area (Å²) >= 11 is 12.6. The van der Waals surface area contributed by atoms with E-state index in [0.717, 1.165) is 5.69 Å². The van der Waals surface area contributed by atoms with Crippen LogP contribution in [0.5, 0.6) is 0 Å². The third kappa shape index (κ3) is 5.87. The van der Waals surface area contributed by atoms with E-state index in [9.17, 15) is 14.4 Å². The molecular formula is C20H25Cl2N3O4. The minimum Gasteiger partial charge on any atom is -0.480 e. The highest BCUT2D eigenvalue weighted by Crippen LogP contribution is 2.35. The van der Waals surface area contributed by atoms with Crippen molar-refractivity contribution in [3.63, 3.8) is 0 Å². The quantitative estimate of drug-likeness (QED) is 0.662. The smallest absolute Gasteiger partial charge is 0.325 e. The maximum Gasteiger partial charge on any atom is 0.325 e. The van der Waals surface area contributed by atoms with Crippen LogP contribution in [0.4, 0.5) is 5.69 Å². The summed E-state index contributed by atoms with van der Waals surface area (Å²) in [5, 5.41) is 12.2. The van der Waals surface area contributed by atoms with Crippen LogP contribution < -0.4 is 10.2 Å². The molecule has 0 bridgehead atoms. The molecule has 2 amide bonds. The Hall–Kier alpha value is -2.25. The van der Waals surface area contributed by atoms with Gasteiger partial charge in [0.25, 0.3) is 0 Å². The van der Waals surface area contributed by atoms with Crippen molar-refractivity contribution < 1.29 is 19.5 Å². The number of carbonyl (C=O) groups is 3. The Morgan fingerprint density at radius 3 is 2.38 bits per heavy atom. The number of likely N-dealkylation sites (tertiary alicyclic amines) is 1. The molecular weight excluding hydrogens is 417 g/mol. The van der Waals surface area contributed by atoms with E-state index in [0.29, 0.717) is 41.5 Å². The van der Waals surface area contributed by atoms with Crippen LogP contribution in [0.2, 0.25) is 10.0 Å². The summed E-state index contributed by atoms with van der Waals surface area (Å²) in [4.78, 5) is 38.9. The predicted molar refractivity (Wildman–Crippen MR) is 114 cm³/mol. The molecule has 1 heterocycles. The largest absolute Gasteiger partial charge is 0.480 e. The number of amides is 2. The lowest BCUT2D eigenvalue weighted by Gasteiger charge is -2.31. The van der Waals surface area contributed by atoms with Crippen molar-refractivity contribution in [3.8, 4) is 0 Å². The van der Waals surface area contributed by atoms with Gasteiger partial charge in [0.1, 0.15) is 6.04 Å². The van der Waals surface area contributed by atoms with E-state index in [-0.39, 0.29) is 17.7 Å². The Kier molecular flexibility index (Phi) is 7.93. The van der Waals surface area contributed by atoms with Gasteiger partial charge in [-0.1, -0.05) is 29.3 Å². The number of carboxylic acid groups (broad SMARTS) is 1. The first-order chi connectivity index (χ1) is 13.6. The van der Waals surface area contributed by atoms with Gasteiger partial charge in [0.2, 0.25) is 11.8 Å². The van der Waals surface area contributed by atoms with E-state index in [1.165, 1.54) is 13.0 Å². The number of nitrogens with zero attached hydrogens (tertiary/aromatic N) is 2. The first-order valence-corrected chi connectivity index (χ1v) is 10.0. The van der Waals surface area contributed by atoms with Gasteiger partial charge in [-0.05, 0) is 37.5 Å². The van der Waals surface area contributed by atoms with Crippen molar-refractivity contribution in [1.82, 2.24) is 10.2 Å². The number of hydrogen-bond donors (Lipinski definition) is 2. The summed E-state index contributed by atoms with van der Waals surface area (Å²) in [5.41, 5.74) is 1.44. The standard InChI is InChI=1S/C20H25Cl2N3O4/c1-12(20(28)29)23-19(27)14-8-10-25(11-9-14)16(26)7-5-13-4-6-15(24(2)3)18(22)17(13)21/h4-7,12,14H,8-11H2,1-3H3,(H,23,27)(H,28,29)/b7-5+. The van der Waals surface area contributed by atoms with Gasteiger partial charge in [-0.3, -0.25) is 14.4 Å². The maximum atomic E-state index is 12.5.